The van der Waals surface area contributed by atoms with Crippen molar-refractivity contribution in [3.63, 3.8) is 0 Å². The summed E-state index contributed by atoms with van der Waals surface area (Å²) >= 11 is 9.53. The van der Waals surface area contributed by atoms with Crippen LogP contribution in [0.25, 0.3) is 0 Å². The lowest BCUT2D eigenvalue weighted by molar-refractivity contribution is 0.0527. The van der Waals surface area contributed by atoms with Gasteiger partial charge in [0.05, 0.1) is 5.34 Å². The van der Waals surface area contributed by atoms with Crippen molar-refractivity contribution in [2.24, 2.45) is 5.73 Å². The van der Waals surface area contributed by atoms with Gasteiger partial charge in [-0.1, -0.05) is 12.8 Å². The molecule has 0 saturated carbocycles. The number of nitrogens with one attached hydrogen (secondary N) is 1. The third kappa shape index (κ3) is 21.1. The first kappa shape index (κ1) is 20.1. The second-order valence-corrected chi connectivity index (χ2v) is 5.54. The van der Waals surface area contributed by atoms with E-state index >= 15 is 0 Å². The quantitative estimate of drug-likeness (QED) is 0.583. The van der Waals surface area contributed by atoms with Crippen LogP contribution >= 0.6 is 23.2 Å². The molecule has 0 fully saturated rings. The number of hydrogen-bond acceptors (Lipinski definition) is 3. The minimum absolute atomic E-state index is 0.194. The number of alkyl carbamates (subject to hydrolysis) is 1. The zero-order valence-electron chi connectivity index (χ0n) is 11.6. The van der Waals surface area contributed by atoms with Gasteiger partial charge in [0.15, 0.2) is 0 Å². The van der Waals surface area contributed by atoms with Crippen molar-refractivity contribution in [1.29, 1.82) is 0 Å². The molecule has 0 heterocycles. The van der Waals surface area contributed by atoms with E-state index in [4.69, 9.17) is 33.7 Å². The molecular weight excluding hydrogens is 275 g/mol. The molecule has 0 aromatic rings. The molecule has 18 heavy (non-hydrogen) atoms. The molecule has 0 aliphatic heterocycles. The summed E-state index contributed by atoms with van der Waals surface area (Å²) in [7, 11) is 0. The Balaban J connectivity index is 0. The Morgan fingerprint density at radius 3 is 2.11 bits per heavy atom. The van der Waals surface area contributed by atoms with Crippen molar-refractivity contribution in [3.05, 3.63) is 0 Å². The fourth-order valence-electron chi connectivity index (χ4n) is 1.13. The maximum atomic E-state index is 11.2. The molecule has 0 aromatic heterocycles. The van der Waals surface area contributed by atoms with Crippen LogP contribution in [0.5, 0.6) is 0 Å². The average Bonchev–Trinajstić information content (AvgIpc) is 2.22. The Bertz CT molecular complexity index is 197. The minimum atomic E-state index is -0.413. The fraction of sp³-hybridized carbons (Fsp3) is 0.917. The van der Waals surface area contributed by atoms with Crippen LogP contribution in [0.3, 0.4) is 0 Å². The molecule has 0 radical (unpaired) electrons. The highest BCUT2D eigenvalue weighted by atomic mass is 35.5. The zero-order chi connectivity index (χ0) is 14.4. The molecule has 0 aromatic carbocycles. The van der Waals surface area contributed by atoms with E-state index in [-0.39, 0.29) is 11.4 Å². The first-order chi connectivity index (χ1) is 8.37. The Morgan fingerprint density at radius 2 is 1.67 bits per heavy atom. The molecule has 0 spiro atoms. The van der Waals surface area contributed by atoms with Gasteiger partial charge in [-0.3, -0.25) is 0 Å². The predicted octanol–water partition coefficient (Wildman–Crippen LogP) is 3.45. The summed E-state index contributed by atoms with van der Waals surface area (Å²) in [6.07, 6.45) is 3.95. The molecule has 0 aliphatic rings. The Morgan fingerprint density at radius 1 is 1.17 bits per heavy atom. The van der Waals surface area contributed by atoms with E-state index in [1.807, 2.05) is 20.8 Å². The van der Waals surface area contributed by atoms with E-state index in [0.717, 1.165) is 32.2 Å². The van der Waals surface area contributed by atoms with Crippen LogP contribution in [0.4, 0.5) is 4.79 Å². The normalized spacial score (nSPS) is 10.3. The first-order valence-electron chi connectivity index (χ1n) is 6.16. The number of rotatable bonds is 6. The fourth-order valence-corrected chi connectivity index (χ4v) is 1.13. The van der Waals surface area contributed by atoms with E-state index < -0.39 is 5.60 Å². The molecule has 0 bridgehead atoms. The topological polar surface area (TPSA) is 64.3 Å². The van der Waals surface area contributed by atoms with Gasteiger partial charge in [0.2, 0.25) is 0 Å². The molecule has 0 atom stereocenters. The highest BCUT2D eigenvalue weighted by Gasteiger charge is 2.15. The second kappa shape index (κ2) is 13.2. The van der Waals surface area contributed by atoms with Crippen LogP contribution in [0.2, 0.25) is 0 Å². The van der Waals surface area contributed by atoms with Gasteiger partial charge in [0.25, 0.3) is 0 Å². The lowest BCUT2D eigenvalue weighted by Crippen LogP contribution is -2.32. The Hall–Kier alpha value is -0.190. The first-order valence-corrected chi connectivity index (χ1v) is 7.23. The smallest absolute Gasteiger partial charge is 0.407 e. The Labute approximate surface area is 121 Å². The van der Waals surface area contributed by atoms with E-state index in [1.54, 1.807) is 0 Å². The highest BCUT2D eigenvalue weighted by molar-refractivity contribution is 6.40. The van der Waals surface area contributed by atoms with Crippen molar-refractivity contribution < 1.29 is 9.53 Å². The van der Waals surface area contributed by atoms with Crippen LogP contribution < -0.4 is 11.1 Å². The van der Waals surface area contributed by atoms with E-state index in [9.17, 15) is 4.79 Å². The minimum Gasteiger partial charge on any atom is -0.444 e. The lowest BCUT2D eigenvalue weighted by Gasteiger charge is -2.19. The monoisotopic (exact) mass is 300 g/mol. The Kier molecular flexibility index (Phi) is 14.8. The molecule has 6 heteroatoms. The standard InChI is InChI=1S/C11H24N2O2.CH2Cl2/c1-11(2,3)15-10(14)13-9-7-5-4-6-8-12;2-1-3/h4-9,12H2,1-3H3,(H,13,14);1H2. The van der Waals surface area contributed by atoms with Gasteiger partial charge >= 0.3 is 6.09 Å². The SMILES string of the molecule is CC(C)(C)OC(=O)NCCCCCCN.ClCCl. The molecule has 0 saturated heterocycles. The van der Waals surface area contributed by atoms with Gasteiger partial charge in [-0.2, -0.15) is 0 Å². The van der Waals surface area contributed by atoms with Crippen LogP contribution in [0.1, 0.15) is 46.5 Å². The number of nitrogens with two attached hydrogens (primary N) is 1. The number of carbonyl (C=O) groups excluding carboxylic acids is 1. The van der Waals surface area contributed by atoms with Crippen LogP contribution in [-0.2, 0) is 4.74 Å². The van der Waals surface area contributed by atoms with Crippen molar-refractivity contribution >= 4 is 29.3 Å². The van der Waals surface area contributed by atoms with Gasteiger partial charge in [-0.25, -0.2) is 4.79 Å². The van der Waals surface area contributed by atoms with Gasteiger partial charge in [-0.05, 0) is 40.2 Å². The molecule has 3 N–H and O–H groups in total. The molecule has 0 rings (SSSR count). The van der Waals surface area contributed by atoms with Gasteiger partial charge in [0.1, 0.15) is 5.60 Å². The van der Waals surface area contributed by atoms with Crippen molar-refractivity contribution in [3.8, 4) is 0 Å². The van der Waals surface area contributed by atoms with Crippen molar-refractivity contribution in [2.45, 2.75) is 52.1 Å². The highest BCUT2D eigenvalue weighted by Crippen LogP contribution is 2.06. The summed E-state index contributed by atoms with van der Waals surface area (Å²) in [5.41, 5.74) is 4.96. The maximum absolute atomic E-state index is 11.2. The summed E-state index contributed by atoms with van der Waals surface area (Å²) in [5.74, 6) is 0. The average molecular weight is 301 g/mol. The molecule has 110 valence electrons. The predicted molar refractivity (Wildman–Crippen MR) is 78.3 cm³/mol. The number of unbranched alkanes of at least 4 members (excludes halogenated alkanes) is 3. The van der Waals surface area contributed by atoms with Gasteiger partial charge in [0, 0.05) is 6.54 Å². The van der Waals surface area contributed by atoms with Crippen LogP contribution in [0, 0.1) is 0 Å². The summed E-state index contributed by atoms with van der Waals surface area (Å²) in [6.45, 7) is 6.99. The van der Waals surface area contributed by atoms with E-state index in [2.05, 4.69) is 5.32 Å². The number of hydrogen-bond donors (Lipinski definition) is 2. The number of alkyl halides is 2. The molecule has 0 aliphatic carbocycles. The zero-order valence-corrected chi connectivity index (χ0v) is 13.1. The molecule has 0 unspecified atom stereocenters. The summed E-state index contributed by atoms with van der Waals surface area (Å²) in [5, 5.41) is 2.92. The number of carbonyl (C=O) groups is 1. The van der Waals surface area contributed by atoms with Gasteiger partial charge < -0.3 is 15.8 Å². The van der Waals surface area contributed by atoms with Crippen molar-refractivity contribution in [1.82, 2.24) is 5.32 Å². The van der Waals surface area contributed by atoms with E-state index in [1.165, 1.54) is 0 Å². The second-order valence-electron chi connectivity index (χ2n) is 4.73. The number of amides is 1. The number of halogens is 2. The van der Waals surface area contributed by atoms with Crippen LogP contribution in [-0.4, -0.2) is 30.1 Å². The molecule has 4 nitrogen and oxygen atoms in total. The molecule has 1 amide bonds. The third-order valence-electron chi connectivity index (χ3n) is 1.80. The van der Waals surface area contributed by atoms with Gasteiger partial charge in [-0.15, -0.1) is 23.2 Å². The van der Waals surface area contributed by atoms with E-state index in [0.29, 0.717) is 6.54 Å². The summed E-state index contributed by atoms with van der Waals surface area (Å²) in [6, 6.07) is 0. The maximum Gasteiger partial charge on any atom is 0.407 e. The summed E-state index contributed by atoms with van der Waals surface area (Å²) in [4.78, 5) is 11.2. The largest absolute Gasteiger partial charge is 0.444 e. The lowest BCUT2D eigenvalue weighted by atomic mass is 10.2. The van der Waals surface area contributed by atoms with Crippen LogP contribution in [0.15, 0.2) is 0 Å². The number of ether oxygens (including phenoxy) is 1. The van der Waals surface area contributed by atoms with Crippen molar-refractivity contribution in [2.75, 3.05) is 18.4 Å². The molecular formula is C12H26Cl2N2O2. The third-order valence-corrected chi connectivity index (χ3v) is 1.80. The summed E-state index contributed by atoms with van der Waals surface area (Å²) < 4.78 is 5.10.